The smallest absolute Gasteiger partial charge is 0.0000227 e. The highest BCUT2D eigenvalue weighted by molar-refractivity contribution is 8.02. The maximum atomic E-state index is 2.33. The molecule has 1 heteroatoms. The van der Waals surface area contributed by atoms with E-state index in [4.69, 9.17) is 0 Å². The minimum Gasteiger partial charge on any atom is -0.134 e. The molecular weight excluding hydrogens is 152 g/mol. The molecular formula is C10H20S. The molecule has 0 saturated carbocycles. The van der Waals surface area contributed by atoms with Crippen molar-refractivity contribution in [2.45, 2.75) is 34.1 Å². The average Bonchev–Trinajstić information content (AvgIpc) is 1.86. The Bertz CT molecular complexity index is 105. The molecule has 1 atom stereocenters. The van der Waals surface area contributed by atoms with E-state index >= 15 is 0 Å². The van der Waals surface area contributed by atoms with Gasteiger partial charge < -0.3 is 0 Å². The van der Waals surface area contributed by atoms with E-state index in [0.29, 0.717) is 0 Å². The zero-order valence-corrected chi connectivity index (χ0v) is 8.95. The van der Waals surface area contributed by atoms with Crippen LogP contribution in [0, 0.1) is 11.8 Å². The highest BCUT2D eigenvalue weighted by Gasteiger charge is 2.03. The second-order valence-electron chi connectivity index (χ2n) is 3.54. The van der Waals surface area contributed by atoms with Crippen molar-refractivity contribution in [3.05, 3.63) is 11.5 Å². The van der Waals surface area contributed by atoms with Gasteiger partial charge >= 0.3 is 0 Å². The maximum absolute atomic E-state index is 2.33. The largest absolute Gasteiger partial charge is 0.134 e. The minimum atomic E-state index is 0.844. The highest BCUT2D eigenvalue weighted by atomic mass is 32.2. The van der Waals surface area contributed by atoms with Gasteiger partial charge in [-0.25, -0.2) is 0 Å². The van der Waals surface area contributed by atoms with Crippen LogP contribution in [0.25, 0.3) is 0 Å². The van der Waals surface area contributed by atoms with Crippen molar-refractivity contribution in [1.29, 1.82) is 0 Å². The molecule has 0 aliphatic carbocycles. The van der Waals surface area contributed by atoms with E-state index < -0.39 is 0 Å². The molecule has 0 heterocycles. The molecule has 0 saturated heterocycles. The SMILES string of the molecule is C/C=C\SCC(C)CC(C)C. The number of rotatable bonds is 5. The van der Waals surface area contributed by atoms with Crippen molar-refractivity contribution in [2.75, 3.05) is 5.75 Å². The molecule has 1 unspecified atom stereocenters. The third-order valence-corrected chi connectivity index (χ3v) is 2.71. The first kappa shape index (κ1) is 11.1. The third kappa shape index (κ3) is 7.99. The Morgan fingerprint density at radius 2 is 1.91 bits per heavy atom. The summed E-state index contributed by atoms with van der Waals surface area (Å²) in [4.78, 5) is 0. The monoisotopic (exact) mass is 172 g/mol. The van der Waals surface area contributed by atoms with Gasteiger partial charge in [0.05, 0.1) is 0 Å². The van der Waals surface area contributed by atoms with E-state index in [2.05, 4.69) is 39.2 Å². The van der Waals surface area contributed by atoms with E-state index in [0.717, 1.165) is 11.8 Å². The molecule has 0 aromatic carbocycles. The second-order valence-corrected chi connectivity index (χ2v) is 4.48. The molecule has 0 aliphatic heterocycles. The Kier molecular flexibility index (Phi) is 6.83. The van der Waals surface area contributed by atoms with Gasteiger partial charge in [0.2, 0.25) is 0 Å². The zero-order chi connectivity index (χ0) is 8.69. The molecule has 0 N–H and O–H groups in total. The fraction of sp³-hybridized carbons (Fsp3) is 0.800. The number of hydrogen-bond acceptors (Lipinski definition) is 1. The average molecular weight is 172 g/mol. The summed E-state index contributed by atoms with van der Waals surface area (Å²) in [6.07, 6.45) is 3.46. The summed E-state index contributed by atoms with van der Waals surface area (Å²) in [5.41, 5.74) is 0. The van der Waals surface area contributed by atoms with Crippen LogP contribution in [0.1, 0.15) is 34.1 Å². The van der Waals surface area contributed by atoms with E-state index in [9.17, 15) is 0 Å². The Hall–Kier alpha value is 0.0900. The standard InChI is InChI=1S/C10H20S/c1-5-6-11-8-10(4)7-9(2)3/h5-6,9-10H,7-8H2,1-4H3/b6-5-. The van der Waals surface area contributed by atoms with E-state index in [1.54, 1.807) is 0 Å². The zero-order valence-electron chi connectivity index (χ0n) is 8.13. The molecule has 0 fully saturated rings. The first-order valence-electron chi connectivity index (χ1n) is 4.39. The lowest BCUT2D eigenvalue weighted by Gasteiger charge is -2.11. The molecule has 0 aliphatic rings. The fourth-order valence-electron chi connectivity index (χ4n) is 1.19. The van der Waals surface area contributed by atoms with Crippen molar-refractivity contribution in [3.63, 3.8) is 0 Å². The van der Waals surface area contributed by atoms with Crippen molar-refractivity contribution < 1.29 is 0 Å². The van der Waals surface area contributed by atoms with E-state index in [-0.39, 0.29) is 0 Å². The van der Waals surface area contributed by atoms with Gasteiger partial charge in [-0.05, 0) is 36.3 Å². The van der Waals surface area contributed by atoms with E-state index in [1.165, 1.54) is 12.2 Å². The van der Waals surface area contributed by atoms with Gasteiger partial charge in [-0.15, -0.1) is 11.8 Å². The molecule has 0 nitrogen and oxygen atoms in total. The highest BCUT2D eigenvalue weighted by Crippen LogP contribution is 2.16. The van der Waals surface area contributed by atoms with Crippen LogP contribution in [-0.2, 0) is 0 Å². The summed E-state index contributed by atoms with van der Waals surface area (Å²) in [6, 6.07) is 0. The van der Waals surface area contributed by atoms with E-state index in [1.807, 2.05) is 11.8 Å². The Balaban J connectivity index is 3.29. The molecule has 0 aromatic heterocycles. The topological polar surface area (TPSA) is 0 Å². The van der Waals surface area contributed by atoms with Gasteiger partial charge in [-0.3, -0.25) is 0 Å². The van der Waals surface area contributed by atoms with Crippen LogP contribution in [0.5, 0.6) is 0 Å². The Morgan fingerprint density at radius 3 is 2.36 bits per heavy atom. The van der Waals surface area contributed by atoms with Gasteiger partial charge in [-0.2, -0.15) is 0 Å². The van der Waals surface area contributed by atoms with Gasteiger partial charge in [-0.1, -0.05) is 26.8 Å². The van der Waals surface area contributed by atoms with Crippen molar-refractivity contribution >= 4 is 11.8 Å². The molecule has 66 valence electrons. The molecule has 0 radical (unpaired) electrons. The van der Waals surface area contributed by atoms with Crippen LogP contribution in [-0.4, -0.2) is 5.75 Å². The molecule has 11 heavy (non-hydrogen) atoms. The van der Waals surface area contributed by atoms with Crippen LogP contribution in [0.2, 0.25) is 0 Å². The first-order chi connectivity index (χ1) is 5.16. The minimum absolute atomic E-state index is 0.844. The molecule has 0 rings (SSSR count). The lowest BCUT2D eigenvalue weighted by atomic mass is 10.0. The Morgan fingerprint density at radius 1 is 1.27 bits per heavy atom. The fourth-order valence-corrected chi connectivity index (χ4v) is 1.96. The summed E-state index contributed by atoms with van der Waals surface area (Å²) in [5, 5.41) is 2.18. The summed E-state index contributed by atoms with van der Waals surface area (Å²) < 4.78 is 0. The summed E-state index contributed by atoms with van der Waals surface area (Å²) in [5.74, 6) is 2.97. The summed E-state index contributed by atoms with van der Waals surface area (Å²) in [6.45, 7) is 8.98. The van der Waals surface area contributed by atoms with Gasteiger partial charge in [0.1, 0.15) is 0 Å². The van der Waals surface area contributed by atoms with Crippen LogP contribution in [0.4, 0.5) is 0 Å². The van der Waals surface area contributed by atoms with Crippen molar-refractivity contribution in [3.8, 4) is 0 Å². The lowest BCUT2D eigenvalue weighted by Crippen LogP contribution is -2.01. The summed E-state index contributed by atoms with van der Waals surface area (Å²) >= 11 is 1.92. The molecule has 0 bridgehead atoms. The molecule has 0 spiro atoms. The predicted octanol–water partition coefficient (Wildman–Crippen LogP) is 3.94. The predicted molar refractivity (Wildman–Crippen MR) is 55.9 cm³/mol. The second kappa shape index (κ2) is 6.78. The normalized spacial score (nSPS) is 14.6. The Labute approximate surface area is 75.5 Å². The van der Waals surface area contributed by atoms with Crippen LogP contribution >= 0.6 is 11.8 Å². The quantitative estimate of drug-likeness (QED) is 0.605. The summed E-state index contributed by atoms with van der Waals surface area (Å²) in [7, 11) is 0. The molecule has 0 amide bonds. The van der Waals surface area contributed by atoms with Crippen molar-refractivity contribution in [2.24, 2.45) is 11.8 Å². The van der Waals surface area contributed by atoms with Crippen LogP contribution < -0.4 is 0 Å². The van der Waals surface area contributed by atoms with Crippen molar-refractivity contribution in [1.82, 2.24) is 0 Å². The number of hydrogen-bond donors (Lipinski definition) is 0. The maximum Gasteiger partial charge on any atom is -0.0000227 e. The number of allylic oxidation sites excluding steroid dienone is 1. The first-order valence-corrected chi connectivity index (χ1v) is 5.44. The van der Waals surface area contributed by atoms with Gasteiger partial charge in [0.15, 0.2) is 0 Å². The van der Waals surface area contributed by atoms with Crippen LogP contribution in [0.15, 0.2) is 11.5 Å². The van der Waals surface area contributed by atoms with Crippen LogP contribution in [0.3, 0.4) is 0 Å². The molecule has 0 aromatic rings. The number of thioether (sulfide) groups is 1. The third-order valence-electron chi connectivity index (χ3n) is 1.49. The lowest BCUT2D eigenvalue weighted by molar-refractivity contribution is 0.475. The van der Waals surface area contributed by atoms with Gasteiger partial charge in [0.25, 0.3) is 0 Å². The van der Waals surface area contributed by atoms with Gasteiger partial charge in [0, 0.05) is 0 Å².